The first-order chi connectivity index (χ1) is 8.20. The molecule has 0 saturated carbocycles. The van der Waals surface area contributed by atoms with Gasteiger partial charge in [0.1, 0.15) is 5.82 Å². The van der Waals surface area contributed by atoms with Crippen LogP contribution in [0.4, 0.5) is 4.39 Å². The van der Waals surface area contributed by atoms with Gasteiger partial charge in [-0.05, 0) is 23.8 Å². The molecular weight excluding hydrogens is 221 g/mol. The largest absolute Gasteiger partial charge is 0.409 e. The molecule has 0 aliphatic rings. The summed E-state index contributed by atoms with van der Waals surface area (Å²) in [5, 5.41) is 11.5. The summed E-state index contributed by atoms with van der Waals surface area (Å²) in [5.41, 5.74) is 7.56. The maximum absolute atomic E-state index is 12.8. The van der Waals surface area contributed by atoms with Gasteiger partial charge in [-0.1, -0.05) is 17.3 Å². The number of pyridine rings is 1. The van der Waals surface area contributed by atoms with E-state index in [0.29, 0.717) is 5.56 Å². The second kappa shape index (κ2) is 4.61. The maximum Gasteiger partial charge on any atom is 0.171 e. The van der Waals surface area contributed by atoms with Gasteiger partial charge in [-0.25, -0.2) is 4.39 Å². The molecule has 2 aromatic rings. The highest BCUT2D eigenvalue weighted by molar-refractivity contribution is 5.97. The summed E-state index contributed by atoms with van der Waals surface area (Å²) >= 11 is 0. The van der Waals surface area contributed by atoms with Crippen LogP contribution in [0.15, 0.2) is 47.9 Å². The van der Waals surface area contributed by atoms with E-state index in [1.54, 1.807) is 24.4 Å². The molecule has 5 heteroatoms. The molecule has 17 heavy (non-hydrogen) atoms. The number of nitrogens with zero attached hydrogens (tertiary/aromatic N) is 2. The van der Waals surface area contributed by atoms with Crippen LogP contribution in [0.3, 0.4) is 0 Å². The predicted octanol–water partition coefficient (Wildman–Crippen LogP) is 1.98. The molecule has 0 saturated heterocycles. The Morgan fingerprint density at radius 1 is 1.18 bits per heavy atom. The lowest BCUT2D eigenvalue weighted by Gasteiger charge is -2.03. The minimum Gasteiger partial charge on any atom is -0.409 e. The standard InChI is InChI=1S/C12H10FN3O/c13-11-3-1-8(2-4-11)9-5-10(7-15-6-9)12(14)16-17/h1-7,17H,(H2,14,16). The number of aromatic nitrogens is 1. The summed E-state index contributed by atoms with van der Waals surface area (Å²) in [6.45, 7) is 0. The molecule has 1 heterocycles. The Bertz CT molecular complexity index is 552. The highest BCUT2D eigenvalue weighted by atomic mass is 19.1. The van der Waals surface area contributed by atoms with E-state index < -0.39 is 0 Å². The normalized spacial score (nSPS) is 11.5. The van der Waals surface area contributed by atoms with Gasteiger partial charge in [-0.2, -0.15) is 0 Å². The monoisotopic (exact) mass is 231 g/mol. The summed E-state index contributed by atoms with van der Waals surface area (Å²) in [5.74, 6) is -0.309. The highest BCUT2D eigenvalue weighted by Gasteiger charge is 2.03. The fourth-order valence-corrected chi connectivity index (χ4v) is 1.44. The molecule has 3 N–H and O–H groups in total. The third kappa shape index (κ3) is 2.39. The van der Waals surface area contributed by atoms with Gasteiger partial charge >= 0.3 is 0 Å². The first kappa shape index (κ1) is 11.1. The Kier molecular flexibility index (Phi) is 3.00. The maximum atomic E-state index is 12.8. The second-order valence-electron chi connectivity index (χ2n) is 3.45. The van der Waals surface area contributed by atoms with Crippen molar-refractivity contribution in [3.8, 4) is 11.1 Å². The highest BCUT2D eigenvalue weighted by Crippen LogP contribution is 2.19. The van der Waals surface area contributed by atoms with Gasteiger partial charge in [-0.15, -0.1) is 0 Å². The van der Waals surface area contributed by atoms with Crippen molar-refractivity contribution in [2.24, 2.45) is 10.9 Å². The molecule has 0 unspecified atom stereocenters. The molecule has 0 spiro atoms. The third-order valence-electron chi connectivity index (χ3n) is 2.32. The van der Waals surface area contributed by atoms with Crippen LogP contribution in [0, 0.1) is 5.82 Å². The number of hydrogen-bond donors (Lipinski definition) is 2. The molecule has 4 nitrogen and oxygen atoms in total. The van der Waals surface area contributed by atoms with Crippen LogP contribution < -0.4 is 5.73 Å². The average Bonchev–Trinajstić information content (AvgIpc) is 2.39. The minimum absolute atomic E-state index is 0.0125. The van der Waals surface area contributed by atoms with Crippen LogP contribution in [0.2, 0.25) is 0 Å². The van der Waals surface area contributed by atoms with Crippen LogP contribution >= 0.6 is 0 Å². The zero-order chi connectivity index (χ0) is 12.3. The van der Waals surface area contributed by atoms with Crippen molar-refractivity contribution in [2.75, 3.05) is 0 Å². The zero-order valence-electron chi connectivity index (χ0n) is 8.84. The topological polar surface area (TPSA) is 71.5 Å². The summed E-state index contributed by atoms with van der Waals surface area (Å²) < 4.78 is 12.8. The Hall–Kier alpha value is -2.43. The average molecular weight is 231 g/mol. The van der Waals surface area contributed by atoms with Gasteiger partial charge in [0.2, 0.25) is 0 Å². The lowest BCUT2D eigenvalue weighted by Crippen LogP contribution is -2.13. The van der Waals surface area contributed by atoms with Gasteiger partial charge < -0.3 is 10.9 Å². The lowest BCUT2D eigenvalue weighted by atomic mass is 10.1. The molecule has 1 aromatic carbocycles. The van der Waals surface area contributed by atoms with Crippen molar-refractivity contribution in [3.05, 3.63) is 54.1 Å². The second-order valence-corrected chi connectivity index (χ2v) is 3.45. The SMILES string of the molecule is N/C(=N/O)c1cncc(-c2ccc(F)cc2)c1. The summed E-state index contributed by atoms with van der Waals surface area (Å²) in [4.78, 5) is 3.99. The molecule has 0 atom stereocenters. The molecule has 1 aromatic heterocycles. The molecule has 0 fully saturated rings. The van der Waals surface area contributed by atoms with Crippen LogP contribution in [0.1, 0.15) is 5.56 Å². The van der Waals surface area contributed by atoms with E-state index in [4.69, 9.17) is 10.9 Å². The van der Waals surface area contributed by atoms with Crippen molar-refractivity contribution in [1.82, 2.24) is 4.98 Å². The van der Waals surface area contributed by atoms with Gasteiger partial charge in [0.15, 0.2) is 5.84 Å². The molecule has 0 amide bonds. The van der Waals surface area contributed by atoms with Gasteiger partial charge in [0.05, 0.1) is 0 Å². The van der Waals surface area contributed by atoms with Crippen molar-refractivity contribution in [3.63, 3.8) is 0 Å². The number of rotatable bonds is 2. The first-order valence-electron chi connectivity index (χ1n) is 4.89. The fraction of sp³-hybridized carbons (Fsp3) is 0. The molecule has 0 aliphatic heterocycles. The Labute approximate surface area is 97.2 Å². The van der Waals surface area contributed by atoms with E-state index in [-0.39, 0.29) is 11.7 Å². The molecule has 0 aliphatic carbocycles. The van der Waals surface area contributed by atoms with Gasteiger partial charge in [0, 0.05) is 23.5 Å². The Morgan fingerprint density at radius 3 is 2.53 bits per heavy atom. The molecular formula is C12H10FN3O. The number of halogens is 1. The zero-order valence-corrected chi connectivity index (χ0v) is 8.84. The van der Waals surface area contributed by atoms with Gasteiger partial charge in [-0.3, -0.25) is 4.98 Å². The lowest BCUT2D eigenvalue weighted by molar-refractivity contribution is 0.318. The van der Waals surface area contributed by atoms with Crippen LogP contribution in [-0.4, -0.2) is 16.0 Å². The predicted molar refractivity (Wildman–Crippen MR) is 62.1 cm³/mol. The first-order valence-corrected chi connectivity index (χ1v) is 4.89. The van der Waals surface area contributed by atoms with Crippen molar-refractivity contribution in [2.45, 2.75) is 0 Å². The Balaban J connectivity index is 2.43. The smallest absolute Gasteiger partial charge is 0.171 e. The molecule has 86 valence electrons. The number of oxime groups is 1. The number of benzene rings is 1. The van der Waals surface area contributed by atoms with E-state index >= 15 is 0 Å². The van der Waals surface area contributed by atoms with Crippen molar-refractivity contribution in [1.29, 1.82) is 0 Å². The summed E-state index contributed by atoms with van der Waals surface area (Å²) in [7, 11) is 0. The third-order valence-corrected chi connectivity index (χ3v) is 2.32. The van der Waals surface area contributed by atoms with E-state index in [2.05, 4.69) is 10.1 Å². The van der Waals surface area contributed by atoms with Gasteiger partial charge in [0.25, 0.3) is 0 Å². The van der Waals surface area contributed by atoms with E-state index in [0.717, 1.165) is 11.1 Å². The molecule has 0 radical (unpaired) electrons. The van der Waals surface area contributed by atoms with Crippen LogP contribution in [0.5, 0.6) is 0 Å². The quantitative estimate of drug-likeness (QED) is 0.359. The number of hydrogen-bond acceptors (Lipinski definition) is 3. The molecule has 2 rings (SSSR count). The van der Waals surface area contributed by atoms with Crippen molar-refractivity contribution >= 4 is 5.84 Å². The van der Waals surface area contributed by atoms with Crippen LogP contribution in [-0.2, 0) is 0 Å². The molecule has 0 bridgehead atoms. The summed E-state index contributed by atoms with van der Waals surface area (Å²) in [6.07, 6.45) is 3.11. The minimum atomic E-state index is -0.297. The number of amidine groups is 1. The van der Waals surface area contributed by atoms with Crippen molar-refractivity contribution < 1.29 is 9.60 Å². The van der Waals surface area contributed by atoms with E-state index in [9.17, 15) is 4.39 Å². The number of nitrogens with two attached hydrogens (primary N) is 1. The summed E-state index contributed by atoms with van der Waals surface area (Å²) in [6, 6.07) is 7.73. The fourth-order valence-electron chi connectivity index (χ4n) is 1.44. The van der Waals surface area contributed by atoms with Crippen LogP contribution in [0.25, 0.3) is 11.1 Å². The van der Waals surface area contributed by atoms with E-state index in [1.807, 2.05) is 0 Å². The van der Waals surface area contributed by atoms with E-state index in [1.165, 1.54) is 18.3 Å². The Morgan fingerprint density at radius 2 is 1.88 bits per heavy atom.